The average molecular weight is 451 g/mol. The van der Waals surface area contributed by atoms with E-state index in [4.69, 9.17) is 4.74 Å². The maximum absolute atomic E-state index is 12.9. The van der Waals surface area contributed by atoms with Gasteiger partial charge < -0.3 is 14.4 Å². The lowest BCUT2D eigenvalue weighted by atomic mass is 10.1. The number of esters is 1. The van der Waals surface area contributed by atoms with Crippen molar-refractivity contribution in [2.24, 2.45) is 0 Å². The maximum atomic E-state index is 12.9. The number of sulfonamides is 1. The SMILES string of the molecule is COC(=O)c1ccc(C(=O)N(C)C)c(S(=O)(=O)NC(=O)Nc2nc(C)cc(OC)n2)c1. The van der Waals surface area contributed by atoms with E-state index in [9.17, 15) is 22.8 Å². The van der Waals surface area contributed by atoms with Gasteiger partial charge in [0.1, 0.15) is 4.90 Å². The van der Waals surface area contributed by atoms with Gasteiger partial charge in [0.15, 0.2) is 0 Å². The molecule has 1 aromatic heterocycles. The van der Waals surface area contributed by atoms with Crippen LogP contribution in [0.25, 0.3) is 0 Å². The van der Waals surface area contributed by atoms with Crippen LogP contribution in [0.3, 0.4) is 0 Å². The fourth-order valence-corrected chi connectivity index (χ4v) is 3.54. The molecule has 2 rings (SSSR count). The van der Waals surface area contributed by atoms with Gasteiger partial charge >= 0.3 is 12.0 Å². The molecular weight excluding hydrogens is 430 g/mol. The Morgan fingerprint density at radius 3 is 2.32 bits per heavy atom. The molecule has 13 heteroatoms. The minimum atomic E-state index is -4.58. The van der Waals surface area contributed by atoms with Gasteiger partial charge in [-0.2, -0.15) is 4.98 Å². The average Bonchev–Trinajstić information content (AvgIpc) is 2.70. The number of methoxy groups -OCH3 is 2. The first-order valence-corrected chi connectivity index (χ1v) is 10.1. The molecule has 0 fully saturated rings. The molecule has 1 aromatic carbocycles. The number of rotatable bonds is 6. The number of benzene rings is 1. The number of nitrogens with one attached hydrogen (secondary N) is 2. The lowest BCUT2D eigenvalue weighted by molar-refractivity contribution is 0.0599. The number of hydrogen-bond donors (Lipinski definition) is 2. The second-order valence-corrected chi connectivity index (χ2v) is 7.99. The quantitative estimate of drug-likeness (QED) is 0.606. The molecule has 0 aliphatic rings. The summed E-state index contributed by atoms with van der Waals surface area (Å²) < 4.78 is 37.1. The van der Waals surface area contributed by atoms with Crippen molar-refractivity contribution in [1.29, 1.82) is 0 Å². The Bertz CT molecular complexity index is 1130. The van der Waals surface area contributed by atoms with Crippen LogP contribution < -0.4 is 14.8 Å². The van der Waals surface area contributed by atoms with E-state index >= 15 is 0 Å². The fourth-order valence-electron chi connectivity index (χ4n) is 2.41. The number of urea groups is 1. The third kappa shape index (κ3) is 5.66. The van der Waals surface area contributed by atoms with Gasteiger partial charge in [-0.25, -0.2) is 27.7 Å². The summed E-state index contributed by atoms with van der Waals surface area (Å²) in [5, 5.41) is 2.18. The van der Waals surface area contributed by atoms with Crippen molar-refractivity contribution in [1.82, 2.24) is 19.6 Å². The van der Waals surface area contributed by atoms with E-state index in [2.05, 4.69) is 20.0 Å². The van der Waals surface area contributed by atoms with Gasteiger partial charge in [-0.3, -0.25) is 10.1 Å². The van der Waals surface area contributed by atoms with Crippen molar-refractivity contribution < 1.29 is 32.3 Å². The van der Waals surface area contributed by atoms with Crippen molar-refractivity contribution in [2.75, 3.05) is 33.6 Å². The number of hydrogen-bond acceptors (Lipinski definition) is 9. The summed E-state index contributed by atoms with van der Waals surface area (Å²) in [4.78, 5) is 45.0. The van der Waals surface area contributed by atoms with Crippen LogP contribution in [0.5, 0.6) is 5.88 Å². The number of aryl methyl sites for hydroxylation is 1. The maximum Gasteiger partial charge on any atom is 0.337 e. The summed E-state index contributed by atoms with van der Waals surface area (Å²) in [5.41, 5.74) is 0.103. The van der Waals surface area contributed by atoms with Crippen molar-refractivity contribution in [2.45, 2.75) is 11.8 Å². The fraction of sp³-hybridized carbons (Fsp3) is 0.278. The second-order valence-electron chi connectivity index (χ2n) is 6.34. The van der Waals surface area contributed by atoms with Crippen LogP contribution in [0.2, 0.25) is 0 Å². The second kappa shape index (κ2) is 9.38. The third-order valence-electron chi connectivity index (χ3n) is 3.82. The van der Waals surface area contributed by atoms with E-state index in [1.54, 1.807) is 11.6 Å². The van der Waals surface area contributed by atoms with Crippen LogP contribution in [0, 0.1) is 6.92 Å². The number of anilines is 1. The van der Waals surface area contributed by atoms with Gasteiger partial charge in [0.05, 0.1) is 25.3 Å². The number of carbonyl (C=O) groups excluding carboxylic acids is 3. The zero-order chi connectivity index (χ0) is 23.3. The highest BCUT2D eigenvalue weighted by molar-refractivity contribution is 7.90. The Morgan fingerprint density at radius 2 is 1.74 bits per heavy atom. The molecule has 0 radical (unpaired) electrons. The molecule has 12 nitrogen and oxygen atoms in total. The van der Waals surface area contributed by atoms with Gasteiger partial charge in [-0.05, 0) is 25.1 Å². The van der Waals surface area contributed by atoms with Crippen molar-refractivity contribution >= 4 is 33.9 Å². The molecule has 0 aliphatic carbocycles. The molecule has 0 saturated heterocycles. The molecular formula is C18H21N5O7S. The summed E-state index contributed by atoms with van der Waals surface area (Å²) in [5.74, 6) is -1.50. The Balaban J connectivity index is 2.41. The predicted molar refractivity (Wildman–Crippen MR) is 108 cm³/mol. The van der Waals surface area contributed by atoms with Gasteiger partial charge in [0, 0.05) is 25.9 Å². The molecule has 3 amide bonds. The first kappa shape index (κ1) is 23.5. The van der Waals surface area contributed by atoms with E-state index in [-0.39, 0.29) is 23.0 Å². The minimum Gasteiger partial charge on any atom is -0.481 e. The zero-order valence-corrected chi connectivity index (χ0v) is 18.2. The molecule has 0 atom stereocenters. The lowest BCUT2D eigenvalue weighted by Crippen LogP contribution is -2.36. The molecule has 1 heterocycles. The minimum absolute atomic E-state index is 0.120. The standard InChI is InChI=1S/C18H21N5O7S/c1-10-8-14(29-4)20-17(19-10)21-18(26)22-31(27,28)13-9-11(16(25)30-5)6-7-12(13)15(24)23(2)3/h6-9H,1-5H3,(H2,19,20,21,22,26). The van der Waals surface area contributed by atoms with Gasteiger partial charge in [0.25, 0.3) is 15.9 Å². The van der Waals surface area contributed by atoms with E-state index < -0.39 is 32.8 Å². The molecule has 166 valence electrons. The normalized spacial score (nSPS) is 10.7. The Morgan fingerprint density at radius 1 is 1.06 bits per heavy atom. The Labute approximate surface area is 178 Å². The van der Waals surface area contributed by atoms with Crippen LogP contribution >= 0.6 is 0 Å². The van der Waals surface area contributed by atoms with Crippen LogP contribution in [0.1, 0.15) is 26.4 Å². The smallest absolute Gasteiger partial charge is 0.337 e. The molecule has 2 aromatic rings. The summed E-state index contributed by atoms with van der Waals surface area (Å²) in [7, 11) is 0.760. The lowest BCUT2D eigenvalue weighted by Gasteiger charge is -2.16. The third-order valence-corrected chi connectivity index (χ3v) is 5.19. The van der Waals surface area contributed by atoms with Crippen LogP contribution in [-0.4, -0.2) is 69.5 Å². The first-order chi connectivity index (χ1) is 14.5. The van der Waals surface area contributed by atoms with Gasteiger partial charge in [0.2, 0.25) is 11.8 Å². The predicted octanol–water partition coefficient (Wildman–Crippen LogP) is 0.792. The Kier molecular flexibility index (Phi) is 7.12. The highest BCUT2D eigenvalue weighted by atomic mass is 32.2. The van der Waals surface area contributed by atoms with Crippen LogP contribution in [0.15, 0.2) is 29.2 Å². The largest absolute Gasteiger partial charge is 0.481 e. The van der Waals surface area contributed by atoms with Crippen molar-refractivity contribution in [3.63, 3.8) is 0 Å². The number of ether oxygens (including phenoxy) is 2. The first-order valence-electron chi connectivity index (χ1n) is 8.66. The molecule has 0 spiro atoms. The number of carbonyl (C=O) groups is 3. The highest BCUT2D eigenvalue weighted by Crippen LogP contribution is 2.20. The van der Waals surface area contributed by atoms with E-state index in [1.165, 1.54) is 33.3 Å². The van der Waals surface area contributed by atoms with Gasteiger partial charge in [-0.15, -0.1) is 0 Å². The molecule has 31 heavy (non-hydrogen) atoms. The molecule has 0 unspecified atom stereocenters. The van der Waals surface area contributed by atoms with E-state index in [0.717, 1.165) is 24.1 Å². The summed E-state index contributed by atoms with van der Waals surface area (Å²) in [6.07, 6.45) is 0. The van der Waals surface area contributed by atoms with Crippen molar-refractivity contribution in [3.8, 4) is 5.88 Å². The molecule has 0 aliphatic heterocycles. The Hall–Kier alpha value is -3.74. The molecule has 0 bridgehead atoms. The van der Waals surface area contributed by atoms with E-state index in [1.807, 2.05) is 0 Å². The van der Waals surface area contributed by atoms with Crippen LogP contribution in [0.4, 0.5) is 10.7 Å². The molecule has 0 saturated carbocycles. The topological polar surface area (TPSA) is 157 Å². The highest BCUT2D eigenvalue weighted by Gasteiger charge is 2.27. The number of nitrogens with zero attached hydrogens (tertiary/aromatic N) is 3. The van der Waals surface area contributed by atoms with Gasteiger partial charge in [-0.1, -0.05) is 0 Å². The summed E-state index contributed by atoms with van der Waals surface area (Å²) in [6, 6.07) is 3.69. The monoisotopic (exact) mass is 451 g/mol. The van der Waals surface area contributed by atoms with Crippen molar-refractivity contribution in [3.05, 3.63) is 41.1 Å². The number of amides is 3. The summed E-state index contributed by atoms with van der Waals surface area (Å²) in [6.45, 7) is 1.63. The zero-order valence-electron chi connectivity index (χ0n) is 17.4. The van der Waals surface area contributed by atoms with E-state index in [0.29, 0.717) is 5.69 Å². The van der Waals surface area contributed by atoms with Crippen LogP contribution in [-0.2, 0) is 14.8 Å². The molecule has 2 N–H and O–H groups in total. The summed E-state index contributed by atoms with van der Waals surface area (Å²) >= 11 is 0. The number of aromatic nitrogens is 2.